The maximum Gasteiger partial charge on any atom is 0.335 e. The molecule has 4 nitrogen and oxygen atoms in total. The van der Waals surface area contributed by atoms with Gasteiger partial charge in [0.1, 0.15) is 11.0 Å². The maximum absolute atomic E-state index is 11.0. The average Bonchev–Trinajstić information content (AvgIpc) is 2.45. The molecule has 0 saturated carbocycles. The number of anilines is 1. The summed E-state index contributed by atoms with van der Waals surface area (Å²) in [5, 5.41) is 12.2. The predicted molar refractivity (Wildman–Crippen MR) is 84.1 cm³/mol. The topological polar surface area (TPSA) is 62.2 Å². The summed E-state index contributed by atoms with van der Waals surface area (Å²) in [5.74, 6) is -0.0730. The van der Waals surface area contributed by atoms with E-state index < -0.39 is 5.97 Å². The fourth-order valence-electron chi connectivity index (χ4n) is 1.92. The van der Waals surface area contributed by atoms with Gasteiger partial charge in [-0.1, -0.05) is 49.7 Å². The monoisotopic (exact) mass is 304 g/mol. The van der Waals surface area contributed by atoms with Crippen LogP contribution in [0.2, 0.25) is 5.15 Å². The van der Waals surface area contributed by atoms with E-state index in [9.17, 15) is 4.79 Å². The Bertz CT molecular complexity index is 639. The molecule has 2 rings (SSSR count). The van der Waals surface area contributed by atoms with E-state index in [0.29, 0.717) is 18.3 Å². The molecule has 1 aromatic carbocycles. The van der Waals surface area contributed by atoms with Crippen LogP contribution < -0.4 is 5.32 Å². The summed E-state index contributed by atoms with van der Waals surface area (Å²) in [6, 6.07) is 11.1. The van der Waals surface area contributed by atoms with Crippen molar-refractivity contribution >= 4 is 23.4 Å². The van der Waals surface area contributed by atoms with Gasteiger partial charge in [0.15, 0.2) is 0 Å². The van der Waals surface area contributed by atoms with Gasteiger partial charge in [0, 0.05) is 6.54 Å². The van der Waals surface area contributed by atoms with Gasteiger partial charge >= 0.3 is 5.97 Å². The third-order valence-corrected chi connectivity index (χ3v) is 3.35. The summed E-state index contributed by atoms with van der Waals surface area (Å²) in [4.78, 5) is 15.0. The van der Waals surface area contributed by atoms with Gasteiger partial charge in [-0.25, -0.2) is 9.78 Å². The minimum Gasteiger partial charge on any atom is -0.478 e. The van der Waals surface area contributed by atoms with E-state index in [1.807, 2.05) is 12.1 Å². The van der Waals surface area contributed by atoms with Crippen molar-refractivity contribution in [2.75, 3.05) is 5.32 Å². The van der Waals surface area contributed by atoms with Crippen LogP contribution in [0.5, 0.6) is 0 Å². The molecule has 0 atom stereocenters. The Labute approximate surface area is 128 Å². The van der Waals surface area contributed by atoms with Crippen LogP contribution in [-0.4, -0.2) is 16.1 Å². The second-order valence-corrected chi connectivity index (χ2v) is 5.51. The van der Waals surface area contributed by atoms with E-state index in [0.717, 1.165) is 5.56 Å². The fraction of sp³-hybridized carbons (Fsp3) is 0.250. The number of nitrogens with one attached hydrogen (secondary N) is 1. The number of carboxylic acid groups (broad SMARTS) is 1. The van der Waals surface area contributed by atoms with Crippen molar-refractivity contribution in [1.29, 1.82) is 0 Å². The molecule has 2 aromatic rings. The van der Waals surface area contributed by atoms with Crippen molar-refractivity contribution in [2.45, 2.75) is 26.3 Å². The lowest BCUT2D eigenvalue weighted by Crippen LogP contribution is -2.04. The van der Waals surface area contributed by atoms with Crippen LogP contribution in [0.4, 0.5) is 5.82 Å². The second kappa shape index (κ2) is 6.59. The maximum atomic E-state index is 11.0. The molecule has 21 heavy (non-hydrogen) atoms. The first-order valence-corrected chi connectivity index (χ1v) is 7.07. The molecule has 2 N–H and O–H groups in total. The van der Waals surface area contributed by atoms with Crippen molar-refractivity contribution in [3.05, 3.63) is 58.2 Å². The number of aromatic carboxylic acids is 1. The lowest BCUT2D eigenvalue weighted by molar-refractivity contribution is 0.0697. The van der Waals surface area contributed by atoms with E-state index in [2.05, 4.69) is 36.3 Å². The number of hydrogen-bond acceptors (Lipinski definition) is 3. The molecule has 1 aromatic heterocycles. The first-order valence-electron chi connectivity index (χ1n) is 6.69. The third kappa shape index (κ3) is 4.20. The SMILES string of the molecule is CC(C)c1ccc(CNc2cc(C(=O)O)cc(Cl)n2)cc1. The number of carbonyl (C=O) groups is 1. The lowest BCUT2D eigenvalue weighted by atomic mass is 10.0. The smallest absolute Gasteiger partial charge is 0.335 e. The number of pyridine rings is 1. The van der Waals surface area contributed by atoms with Gasteiger partial charge in [0.05, 0.1) is 5.56 Å². The summed E-state index contributed by atoms with van der Waals surface area (Å²) >= 11 is 5.82. The van der Waals surface area contributed by atoms with Gasteiger partial charge in [-0.15, -0.1) is 0 Å². The van der Waals surface area contributed by atoms with Crippen molar-refractivity contribution in [1.82, 2.24) is 4.98 Å². The van der Waals surface area contributed by atoms with E-state index in [1.165, 1.54) is 17.7 Å². The highest BCUT2D eigenvalue weighted by molar-refractivity contribution is 6.29. The first-order chi connectivity index (χ1) is 9.95. The van der Waals surface area contributed by atoms with Gasteiger partial charge in [-0.05, 0) is 29.2 Å². The Morgan fingerprint density at radius 1 is 1.29 bits per heavy atom. The van der Waals surface area contributed by atoms with E-state index in [4.69, 9.17) is 16.7 Å². The van der Waals surface area contributed by atoms with Gasteiger partial charge in [-0.2, -0.15) is 0 Å². The Balaban J connectivity index is 2.07. The summed E-state index contributed by atoms with van der Waals surface area (Å²) in [5.41, 5.74) is 2.50. The Kier molecular flexibility index (Phi) is 4.81. The lowest BCUT2D eigenvalue weighted by Gasteiger charge is -2.09. The molecule has 0 fully saturated rings. The normalized spacial score (nSPS) is 10.7. The third-order valence-electron chi connectivity index (χ3n) is 3.16. The molecule has 0 unspecified atom stereocenters. The van der Waals surface area contributed by atoms with E-state index in [1.54, 1.807) is 0 Å². The van der Waals surface area contributed by atoms with Crippen molar-refractivity contribution in [3.63, 3.8) is 0 Å². The molecule has 0 bridgehead atoms. The second-order valence-electron chi connectivity index (χ2n) is 5.12. The largest absolute Gasteiger partial charge is 0.478 e. The van der Waals surface area contributed by atoms with Crippen LogP contribution in [0.3, 0.4) is 0 Å². The molecule has 0 aliphatic carbocycles. The van der Waals surface area contributed by atoms with Gasteiger partial charge in [-0.3, -0.25) is 0 Å². The van der Waals surface area contributed by atoms with Crippen molar-refractivity contribution < 1.29 is 9.90 Å². The average molecular weight is 305 g/mol. The molecule has 110 valence electrons. The van der Waals surface area contributed by atoms with Crippen LogP contribution in [0.1, 0.15) is 41.3 Å². The molecular formula is C16H17ClN2O2. The molecule has 0 aliphatic rings. The molecule has 1 heterocycles. The number of halogens is 1. The minimum absolute atomic E-state index is 0.118. The zero-order valence-electron chi connectivity index (χ0n) is 11.9. The minimum atomic E-state index is -1.02. The number of nitrogens with zero attached hydrogens (tertiary/aromatic N) is 1. The standard InChI is InChI=1S/C16H17ClN2O2/c1-10(2)12-5-3-11(4-6-12)9-18-15-8-13(16(20)21)7-14(17)19-15/h3-8,10H,9H2,1-2H3,(H,18,19)(H,20,21). The zero-order valence-corrected chi connectivity index (χ0v) is 12.7. The molecular weight excluding hydrogens is 288 g/mol. The Hall–Kier alpha value is -2.07. The molecule has 0 spiro atoms. The number of rotatable bonds is 5. The highest BCUT2D eigenvalue weighted by Crippen LogP contribution is 2.17. The Morgan fingerprint density at radius 3 is 2.52 bits per heavy atom. The summed E-state index contributed by atoms with van der Waals surface area (Å²) in [7, 11) is 0. The van der Waals surface area contributed by atoms with Crippen LogP contribution >= 0.6 is 11.6 Å². The van der Waals surface area contributed by atoms with E-state index >= 15 is 0 Å². The molecule has 0 saturated heterocycles. The molecule has 0 radical (unpaired) electrons. The zero-order chi connectivity index (χ0) is 15.4. The highest BCUT2D eigenvalue weighted by atomic mass is 35.5. The first kappa shape index (κ1) is 15.3. The number of carboxylic acids is 1. The molecule has 0 aliphatic heterocycles. The number of aromatic nitrogens is 1. The van der Waals surface area contributed by atoms with Gasteiger partial charge < -0.3 is 10.4 Å². The highest BCUT2D eigenvalue weighted by Gasteiger charge is 2.07. The molecule has 0 amide bonds. The fourth-order valence-corrected chi connectivity index (χ4v) is 2.13. The Morgan fingerprint density at radius 2 is 1.95 bits per heavy atom. The van der Waals surface area contributed by atoms with Crippen LogP contribution in [0.15, 0.2) is 36.4 Å². The molecule has 5 heteroatoms. The van der Waals surface area contributed by atoms with Gasteiger partial charge in [0.2, 0.25) is 0 Å². The summed E-state index contributed by atoms with van der Waals surface area (Å²) < 4.78 is 0. The van der Waals surface area contributed by atoms with Crippen molar-refractivity contribution in [3.8, 4) is 0 Å². The van der Waals surface area contributed by atoms with E-state index in [-0.39, 0.29) is 10.7 Å². The number of benzene rings is 1. The number of hydrogen-bond donors (Lipinski definition) is 2. The predicted octanol–water partition coefficient (Wildman–Crippen LogP) is 4.17. The summed E-state index contributed by atoms with van der Waals surface area (Å²) in [6.07, 6.45) is 0. The van der Waals surface area contributed by atoms with Crippen LogP contribution in [-0.2, 0) is 6.54 Å². The van der Waals surface area contributed by atoms with Crippen molar-refractivity contribution in [2.24, 2.45) is 0 Å². The van der Waals surface area contributed by atoms with Gasteiger partial charge in [0.25, 0.3) is 0 Å². The van der Waals surface area contributed by atoms with Crippen LogP contribution in [0, 0.1) is 0 Å². The van der Waals surface area contributed by atoms with Crippen LogP contribution in [0.25, 0.3) is 0 Å². The quantitative estimate of drug-likeness (QED) is 0.814. The summed E-state index contributed by atoms with van der Waals surface area (Å²) in [6.45, 7) is 4.86.